The summed E-state index contributed by atoms with van der Waals surface area (Å²) in [6.45, 7) is 13.5. The Hall–Kier alpha value is -1.59. The first-order valence-corrected chi connectivity index (χ1v) is 11.8. The quantitative estimate of drug-likeness (QED) is 0.266. The molecule has 0 bridgehead atoms. The molecule has 0 aromatic rings. The van der Waals surface area contributed by atoms with Crippen LogP contribution in [0.3, 0.4) is 0 Å². The van der Waals surface area contributed by atoms with Crippen LogP contribution in [0.4, 0.5) is 4.79 Å². The van der Waals surface area contributed by atoms with Crippen LogP contribution in [-0.2, 0) is 18.9 Å². The molecule has 3 aliphatic heterocycles. The van der Waals surface area contributed by atoms with Crippen molar-refractivity contribution in [2.75, 3.05) is 6.61 Å². The van der Waals surface area contributed by atoms with E-state index in [9.17, 15) is 4.79 Å². The number of epoxide rings is 2. The second-order valence-electron chi connectivity index (χ2n) is 10.9. The third-order valence-electron chi connectivity index (χ3n) is 8.78. The summed E-state index contributed by atoms with van der Waals surface area (Å²) in [7, 11) is 0. The van der Waals surface area contributed by atoms with E-state index in [1.54, 1.807) is 0 Å². The number of carbonyl (C=O) groups is 1. The average Bonchev–Trinajstić information content (AvgIpc) is 3.60. The molecule has 0 radical (unpaired) electrons. The lowest BCUT2D eigenvalue weighted by molar-refractivity contribution is -0.0394. The van der Waals surface area contributed by atoms with Gasteiger partial charge in [-0.1, -0.05) is 36.8 Å². The minimum atomic E-state index is -0.571. The molecule has 5 nitrogen and oxygen atoms in total. The van der Waals surface area contributed by atoms with Gasteiger partial charge < -0.3 is 18.9 Å². The molecule has 5 aliphatic rings. The predicted octanol–water partition coefficient (Wildman–Crippen LogP) is 5.21. The fourth-order valence-corrected chi connectivity index (χ4v) is 6.92. The van der Waals surface area contributed by atoms with Gasteiger partial charge in [0.1, 0.15) is 12.7 Å². The largest absolute Gasteiger partial charge is 0.508 e. The van der Waals surface area contributed by atoms with Crippen molar-refractivity contribution in [1.82, 2.24) is 0 Å². The van der Waals surface area contributed by atoms with E-state index in [4.69, 9.17) is 18.9 Å². The Kier molecular flexibility index (Phi) is 4.95. The molecular weight excluding hydrogens is 392 g/mol. The summed E-state index contributed by atoms with van der Waals surface area (Å²) in [5.41, 5.74) is 2.47. The maximum Gasteiger partial charge on any atom is 0.508 e. The van der Waals surface area contributed by atoms with Gasteiger partial charge in [0.2, 0.25) is 0 Å². The summed E-state index contributed by atoms with van der Waals surface area (Å²) in [6.07, 6.45) is 11.1. The number of allylic oxidation sites excluding steroid dienone is 4. The highest BCUT2D eigenvalue weighted by Crippen LogP contribution is 2.67. The highest BCUT2D eigenvalue weighted by atomic mass is 16.7. The molecular formula is C26H36O5. The Morgan fingerprint density at radius 2 is 1.90 bits per heavy atom. The van der Waals surface area contributed by atoms with Crippen molar-refractivity contribution in [3.8, 4) is 0 Å². The van der Waals surface area contributed by atoms with E-state index in [0.717, 1.165) is 18.4 Å². The van der Waals surface area contributed by atoms with Crippen LogP contribution in [0.1, 0.15) is 54.4 Å². The van der Waals surface area contributed by atoms with Crippen LogP contribution in [0.15, 0.2) is 35.5 Å². The van der Waals surface area contributed by atoms with Crippen LogP contribution < -0.4 is 0 Å². The lowest BCUT2D eigenvalue weighted by Crippen LogP contribution is -2.49. The van der Waals surface area contributed by atoms with Gasteiger partial charge in [-0.3, -0.25) is 0 Å². The summed E-state index contributed by atoms with van der Waals surface area (Å²) in [5.74, 6) is 2.09. The van der Waals surface area contributed by atoms with Crippen molar-refractivity contribution < 1.29 is 23.7 Å². The number of hydrogen-bond donors (Lipinski definition) is 0. The molecule has 0 spiro atoms. The van der Waals surface area contributed by atoms with Gasteiger partial charge in [-0.15, -0.1) is 0 Å². The van der Waals surface area contributed by atoms with Gasteiger partial charge >= 0.3 is 6.16 Å². The molecule has 10 atom stereocenters. The van der Waals surface area contributed by atoms with Crippen LogP contribution in [0, 0.1) is 29.6 Å². The monoisotopic (exact) mass is 428 g/mol. The van der Waals surface area contributed by atoms with E-state index in [1.165, 1.54) is 5.57 Å². The van der Waals surface area contributed by atoms with E-state index >= 15 is 0 Å². The molecule has 3 heterocycles. The first kappa shape index (κ1) is 21.3. The molecule has 0 N–H and O–H groups in total. The Bertz CT molecular complexity index is 858. The Labute approximate surface area is 185 Å². The fraction of sp³-hybridized carbons (Fsp3) is 0.731. The predicted molar refractivity (Wildman–Crippen MR) is 117 cm³/mol. The van der Waals surface area contributed by atoms with Crippen LogP contribution >= 0.6 is 0 Å². The third kappa shape index (κ3) is 3.39. The molecule has 0 aromatic heterocycles. The lowest BCUT2D eigenvalue weighted by Gasteiger charge is -2.45. The van der Waals surface area contributed by atoms with Crippen molar-refractivity contribution >= 4 is 6.16 Å². The molecule has 5 rings (SSSR count). The normalized spacial score (nSPS) is 51.4. The van der Waals surface area contributed by atoms with Crippen molar-refractivity contribution in [3.63, 3.8) is 0 Å². The zero-order valence-corrected chi connectivity index (χ0v) is 19.6. The fourth-order valence-electron chi connectivity index (χ4n) is 6.92. The molecule has 3 saturated heterocycles. The van der Waals surface area contributed by atoms with Gasteiger partial charge in [-0.25, -0.2) is 4.79 Å². The standard InChI is InChI=1S/C26H36O5/c1-7-14(2)21-17(10-8-9-15(3)22-16(4)13-28-24(27)29-22)18-11-20-25(5,30-20)12-19(18)23-26(21,6)31-23/h7-10,16-23H,11-13H2,1-6H3/b10-8+,14-7+,15-9+/t16-,17-,18-,19+,20-,21-,22+,23-,25+,26+/m0/s1. The van der Waals surface area contributed by atoms with Gasteiger partial charge in [0.15, 0.2) is 0 Å². The number of ether oxygens (including phenoxy) is 4. The SMILES string of the molecule is C/C=C(\C)[C@H]1[C@@H](/C=C/C=C(\C)[C@H]2OC(=O)OC[C@@H]2C)[C@@H]2C[C@@H]3O[C@]3(C)C[C@H]2[C@@H]2O[C@@]21C. The number of hydrogen-bond acceptors (Lipinski definition) is 5. The van der Waals surface area contributed by atoms with Gasteiger partial charge in [-0.05, 0) is 70.8 Å². The minimum Gasteiger partial charge on any atom is -0.434 e. The van der Waals surface area contributed by atoms with Crippen LogP contribution in [-0.4, -0.2) is 42.3 Å². The van der Waals surface area contributed by atoms with Gasteiger partial charge in [0, 0.05) is 11.8 Å². The molecule has 2 aliphatic carbocycles. The van der Waals surface area contributed by atoms with Crippen LogP contribution in [0.5, 0.6) is 0 Å². The van der Waals surface area contributed by atoms with E-state index in [1.807, 2.05) is 6.92 Å². The Morgan fingerprint density at radius 1 is 1.13 bits per heavy atom. The van der Waals surface area contributed by atoms with Crippen LogP contribution in [0.25, 0.3) is 0 Å². The van der Waals surface area contributed by atoms with Gasteiger partial charge in [-0.2, -0.15) is 0 Å². The van der Waals surface area contributed by atoms with E-state index in [-0.39, 0.29) is 23.2 Å². The summed E-state index contributed by atoms with van der Waals surface area (Å²) < 4.78 is 23.0. The van der Waals surface area contributed by atoms with E-state index < -0.39 is 6.16 Å². The second kappa shape index (κ2) is 7.21. The maximum absolute atomic E-state index is 11.6. The van der Waals surface area contributed by atoms with E-state index in [0.29, 0.717) is 42.5 Å². The topological polar surface area (TPSA) is 60.6 Å². The minimum absolute atomic E-state index is 0.0737. The van der Waals surface area contributed by atoms with Crippen molar-refractivity contribution in [2.45, 2.75) is 83.9 Å². The summed E-state index contributed by atoms with van der Waals surface area (Å²) in [4.78, 5) is 11.6. The second-order valence-corrected chi connectivity index (χ2v) is 10.9. The summed E-state index contributed by atoms with van der Waals surface area (Å²) in [5, 5.41) is 0. The summed E-state index contributed by atoms with van der Waals surface area (Å²) >= 11 is 0. The Balaban J connectivity index is 1.41. The molecule has 31 heavy (non-hydrogen) atoms. The first-order chi connectivity index (χ1) is 14.7. The molecule has 2 saturated carbocycles. The third-order valence-corrected chi connectivity index (χ3v) is 8.78. The molecule has 0 unspecified atom stereocenters. The highest BCUT2D eigenvalue weighted by molar-refractivity contribution is 5.61. The first-order valence-electron chi connectivity index (χ1n) is 11.8. The number of rotatable bonds is 4. The lowest BCUT2D eigenvalue weighted by atomic mass is 9.55. The van der Waals surface area contributed by atoms with Crippen molar-refractivity contribution in [2.24, 2.45) is 29.6 Å². The molecule has 5 fully saturated rings. The Morgan fingerprint density at radius 3 is 2.65 bits per heavy atom. The zero-order chi connectivity index (χ0) is 22.1. The van der Waals surface area contributed by atoms with Crippen molar-refractivity contribution in [3.05, 3.63) is 35.5 Å². The van der Waals surface area contributed by atoms with Crippen molar-refractivity contribution in [1.29, 1.82) is 0 Å². The molecule has 5 heteroatoms. The van der Waals surface area contributed by atoms with Gasteiger partial charge in [0.05, 0.1) is 23.4 Å². The molecule has 0 amide bonds. The van der Waals surface area contributed by atoms with Crippen LogP contribution in [0.2, 0.25) is 0 Å². The zero-order valence-electron chi connectivity index (χ0n) is 19.6. The smallest absolute Gasteiger partial charge is 0.434 e. The van der Waals surface area contributed by atoms with Gasteiger partial charge in [0.25, 0.3) is 0 Å². The average molecular weight is 429 g/mol. The highest BCUT2D eigenvalue weighted by Gasteiger charge is 2.72. The number of cyclic esters (lactones) is 2. The number of fused-ring (bicyclic) bond motifs is 4. The number of carbonyl (C=O) groups excluding carboxylic acids is 1. The summed E-state index contributed by atoms with van der Waals surface area (Å²) in [6, 6.07) is 0. The maximum atomic E-state index is 11.6. The van der Waals surface area contributed by atoms with E-state index in [2.05, 4.69) is 58.9 Å². The molecule has 0 aromatic carbocycles. The molecule has 170 valence electrons.